The van der Waals surface area contributed by atoms with Crippen LogP contribution in [-0.4, -0.2) is 11.2 Å². The Kier molecular flexibility index (Phi) is 3.57. The molecule has 0 amide bonds. The van der Waals surface area contributed by atoms with Gasteiger partial charge in [-0.25, -0.2) is 0 Å². The highest BCUT2D eigenvalue weighted by Crippen LogP contribution is 2.44. The molecule has 0 radical (unpaired) electrons. The second kappa shape index (κ2) is 5.17. The van der Waals surface area contributed by atoms with Crippen LogP contribution in [0.1, 0.15) is 25.7 Å². The van der Waals surface area contributed by atoms with Gasteiger partial charge in [0.05, 0.1) is 0 Å². The predicted molar refractivity (Wildman–Crippen MR) is 82.7 cm³/mol. The minimum atomic E-state index is 0.593. The zero-order valence-electron chi connectivity index (χ0n) is 10.2. The monoisotopic (exact) mass is 324 g/mol. The third-order valence-electron chi connectivity index (χ3n) is 4.14. The summed E-state index contributed by atoms with van der Waals surface area (Å²) in [7, 11) is 0. The van der Waals surface area contributed by atoms with Gasteiger partial charge in [0, 0.05) is 16.2 Å². The molecule has 2 saturated carbocycles. The molecule has 2 bridgehead atoms. The van der Waals surface area contributed by atoms with E-state index in [1.807, 2.05) is 24.3 Å². The van der Waals surface area contributed by atoms with Crippen molar-refractivity contribution >= 4 is 38.9 Å². The van der Waals surface area contributed by atoms with Crippen LogP contribution in [0.4, 0.5) is 5.69 Å². The maximum Gasteiger partial charge on any atom is 0.171 e. The Hall–Kier alpha value is -0.610. The lowest BCUT2D eigenvalue weighted by Gasteiger charge is -2.24. The van der Waals surface area contributed by atoms with E-state index >= 15 is 0 Å². The highest BCUT2D eigenvalue weighted by molar-refractivity contribution is 9.10. The third-order valence-corrected chi connectivity index (χ3v) is 4.85. The molecule has 4 heteroatoms. The summed E-state index contributed by atoms with van der Waals surface area (Å²) in [5.41, 5.74) is 1.03. The Morgan fingerprint density at radius 2 is 2.17 bits per heavy atom. The van der Waals surface area contributed by atoms with Crippen LogP contribution in [0.15, 0.2) is 28.7 Å². The van der Waals surface area contributed by atoms with Gasteiger partial charge >= 0.3 is 0 Å². The molecule has 0 spiro atoms. The summed E-state index contributed by atoms with van der Waals surface area (Å²) in [4.78, 5) is 0. The van der Waals surface area contributed by atoms with Crippen LogP contribution in [0, 0.1) is 11.8 Å². The van der Waals surface area contributed by atoms with Gasteiger partial charge in [-0.2, -0.15) is 0 Å². The van der Waals surface area contributed by atoms with Crippen LogP contribution in [0.25, 0.3) is 0 Å². The van der Waals surface area contributed by atoms with Crippen LogP contribution >= 0.6 is 28.1 Å². The van der Waals surface area contributed by atoms with Crippen LogP contribution in [0.2, 0.25) is 0 Å². The first-order valence-electron chi connectivity index (χ1n) is 6.54. The van der Waals surface area contributed by atoms with E-state index in [2.05, 4.69) is 26.6 Å². The van der Waals surface area contributed by atoms with Gasteiger partial charge in [0.25, 0.3) is 0 Å². The first-order chi connectivity index (χ1) is 8.70. The third kappa shape index (κ3) is 2.69. The molecular formula is C14H17BrN2S. The molecule has 0 heterocycles. The minimum Gasteiger partial charge on any atom is -0.359 e. The van der Waals surface area contributed by atoms with E-state index in [9.17, 15) is 0 Å². The van der Waals surface area contributed by atoms with Crippen molar-refractivity contribution in [3.05, 3.63) is 28.7 Å². The molecule has 2 nitrogen and oxygen atoms in total. The first-order valence-corrected chi connectivity index (χ1v) is 7.74. The van der Waals surface area contributed by atoms with Crippen molar-refractivity contribution in [2.24, 2.45) is 11.8 Å². The quantitative estimate of drug-likeness (QED) is 0.806. The summed E-state index contributed by atoms with van der Waals surface area (Å²) < 4.78 is 1.07. The van der Waals surface area contributed by atoms with E-state index < -0.39 is 0 Å². The molecule has 3 atom stereocenters. The summed E-state index contributed by atoms with van der Waals surface area (Å²) >= 11 is 8.86. The zero-order valence-corrected chi connectivity index (χ0v) is 12.6. The molecule has 2 fully saturated rings. The second-order valence-corrected chi connectivity index (χ2v) is 6.71. The Morgan fingerprint density at radius 3 is 2.83 bits per heavy atom. The number of fused-ring (bicyclic) bond motifs is 2. The highest BCUT2D eigenvalue weighted by atomic mass is 79.9. The Labute approximate surface area is 122 Å². The van der Waals surface area contributed by atoms with Gasteiger partial charge in [-0.1, -0.05) is 28.4 Å². The van der Waals surface area contributed by atoms with E-state index in [-0.39, 0.29) is 0 Å². The summed E-state index contributed by atoms with van der Waals surface area (Å²) in [6, 6.07) is 8.68. The first kappa shape index (κ1) is 12.4. The fraction of sp³-hybridized carbons (Fsp3) is 0.500. The highest BCUT2D eigenvalue weighted by Gasteiger charge is 2.39. The van der Waals surface area contributed by atoms with E-state index in [1.54, 1.807) is 0 Å². The van der Waals surface area contributed by atoms with E-state index in [4.69, 9.17) is 12.2 Å². The van der Waals surface area contributed by atoms with Crippen LogP contribution in [-0.2, 0) is 0 Å². The topological polar surface area (TPSA) is 24.1 Å². The van der Waals surface area contributed by atoms with Crippen LogP contribution in [0.3, 0.4) is 0 Å². The maximum absolute atomic E-state index is 5.39. The smallest absolute Gasteiger partial charge is 0.171 e. The molecule has 1 aromatic carbocycles. The molecule has 2 N–H and O–H groups in total. The molecule has 96 valence electrons. The van der Waals surface area contributed by atoms with Crippen molar-refractivity contribution in [1.29, 1.82) is 0 Å². The summed E-state index contributed by atoms with van der Waals surface area (Å²) in [5, 5.41) is 7.50. The molecule has 18 heavy (non-hydrogen) atoms. The largest absolute Gasteiger partial charge is 0.359 e. The van der Waals surface area contributed by atoms with Gasteiger partial charge in [-0.15, -0.1) is 0 Å². The fourth-order valence-corrected chi connectivity index (χ4v) is 3.99. The fourth-order valence-electron chi connectivity index (χ4n) is 3.32. The number of anilines is 1. The predicted octanol–water partition coefficient (Wildman–Crippen LogP) is 3.92. The minimum absolute atomic E-state index is 0.593. The Balaban J connectivity index is 1.56. The normalized spacial score (nSPS) is 29.3. The number of rotatable bonds is 2. The molecule has 3 rings (SSSR count). The van der Waals surface area contributed by atoms with Crippen molar-refractivity contribution in [3.63, 3.8) is 0 Å². The lowest BCUT2D eigenvalue weighted by molar-refractivity contribution is 0.392. The molecule has 1 aromatic rings. The molecule has 0 unspecified atom stereocenters. The summed E-state index contributed by atoms with van der Waals surface area (Å²) in [6.07, 6.45) is 5.50. The molecule has 0 aromatic heterocycles. The Bertz CT molecular complexity index is 463. The number of halogens is 1. The van der Waals surface area contributed by atoms with Crippen LogP contribution < -0.4 is 10.6 Å². The summed E-state index contributed by atoms with van der Waals surface area (Å²) in [5.74, 6) is 1.79. The average Bonchev–Trinajstić information content (AvgIpc) is 2.90. The zero-order chi connectivity index (χ0) is 12.5. The number of hydrogen-bond donors (Lipinski definition) is 2. The second-order valence-electron chi connectivity index (χ2n) is 5.39. The van der Waals surface area contributed by atoms with Gasteiger partial charge < -0.3 is 10.6 Å². The van der Waals surface area contributed by atoms with E-state index in [0.717, 1.165) is 27.1 Å². The van der Waals surface area contributed by atoms with Gasteiger partial charge in [0.1, 0.15) is 0 Å². The lowest BCUT2D eigenvalue weighted by atomic mass is 9.96. The van der Waals surface area contributed by atoms with Crippen molar-refractivity contribution in [2.75, 3.05) is 5.32 Å². The van der Waals surface area contributed by atoms with Crippen molar-refractivity contribution < 1.29 is 0 Å². The number of nitrogens with one attached hydrogen (secondary N) is 2. The average molecular weight is 325 g/mol. The van der Waals surface area contributed by atoms with Crippen molar-refractivity contribution in [1.82, 2.24) is 5.32 Å². The van der Waals surface area contributed by atoms with Gasteiger partial charge in [0.15, 0.2) is 5.11 Å². The van der Waals surface area contributed by atoms with E-state index in [0.29, 0.717) is 6.04 Å². The lowest BCUT2D eigenvalue weighted by Crippen LogP contribution is -2.40. The van der Waals surface area contributed by atoms with Crippen LogP contribution in [0.5, 0.6) is 0 Å². The number of thiocarbonyl (C=S) groups is 1. The maximum atomic E-state index is 5.39. The number of benzene rings is 1. The van der Waals surface area contributed by atoms with Gasteiger partial charge in [-0.05, 0) is 61.5 Å². The van der Waals surface area contributed by atoms with Crippen molar-refractivity contribution in [3.8, 4) is 0 Å². The molecule has 0 aliphatic heterocycles. The molecule has 0 saturated heterocycles. The SMILES string of the molecule is S=C(Nc1cccc(Br)c1)N[C@H]1C[C@H]2CC[C@H]1C2. The molecule has 2 aliphatic rings. The van der Waals surface area contributed by atoms with Gasteiger partial charge in [0.2, 0.25) is 0 Å². The Morgan fingerprint density at radius 1 is 1.28 bits per heavy atom. The van der Waals surface area contributed by atoms with Gasteiger partial charge in [-0.3, -0.25) is 0 Å². The standard InChI is InChI=1S/C14H17BrN2S/c15-11-2-1-3-12(8-11)16-14(18)17-13-7-9-4-5-10(13)6-9/h1-3,8-10,13H,4-7H2,(H2,16,17,18)/t9-,10-,13-/m0/s1. The summed E-state index contributed by atoms with van der Waals surface area (Å²) in [6.45, 7) is 0. The number of hydrogen-bond acceptors (Lipinski definition) is 1. The van der Waals surface area contributed by atoms with E-state index in [1.165, 1.54) is 25.7 Å². The molecular weight excluding hydrogens is 308 g/mol. The van der Waals surface area contributed by atoms with Crippen molar-refractivity contribution in [2.45, 2.75) is 31.7 Å². The molecule has 2 aliphatic carbocycles.